The fraction of sp³-hybridized carbons (Fsp3) is 0.125. The van der Waals surface area contributed by atoms with E-state index in [9.17, 15) is 9.18 Å². The highest BCUT2D eigenvalue weighted by atomic mass is 19.1. The van der Waals surface area contributed by atoms with E-state index in [0.717, 1.165) is 17.7 Å². The Bertz CT molecular complexity index is 775. The van der Waals surface area contributed by atoms with Gasteiger partial charge < -0.3 is 15.3 Å². The van der Waals surface area contributed by atoms with Gasteiger partial charge in [0.05, 0.1) is 11.1 Å². The van der Waals surface area contributed by atoms with E-state index >= 15 is 0 Å². The molecule has 1 amide bonds. The lowest BCUT2D eigenvalue weighted by atomic mass is 10.1. The van der Waals surface area contributed by atoms with Gasteiger partial charge in [-0.3, -0.25) is 4.79 Å². The minimum atomic E-state index is -0.343. The maximum atomic E-state index is 12.9. The lowest BCUT2D eigenvalue weighted by Gasteiger charge is -2.06. The summed E-state index contributed by atoms with van der Waals surface area (Å²) in [5.41, 5.74) is 2.72. The number of carbonyl (C=O) groups excluding carboxylic acids is 1. The van der Waals surface area contributed by atoms with Crippen LogP contribution in [0, 0.1) is 5.82 Å². The van der Waals surface area contributed by atoms with Crippen molar-refractivity contribution in [3.05, 3.63) is 59.9 Å². The monoisotopic (exact) mass is 298 g/mol. The molecule has 0 bridgehead atoms. The van der Waals surface area contributed by atoms with Gasteiger partial charge in [0.15, 0.2) is 0 Å². The summed E-state index contributed by atoms with van der Waals surface area (Å²) in [5, 5.41) is 2.76. The number of anilines is 1. The second-order valence-electron chi connectivity index (χ2n) is 4.81. The highest BCUT2D eigenvalue weighted by molar-refractivity contribution is 6.08. The highest BCUT2D eigenvalue weighted by Gasteiger charge is 2.19. The number of imidazole rings is 1. The van der Waals surface area contributed by atoms with Crippen LogP contribution in [0.3, 0.4) is 0 Å². The molecule has 5 nitrogen and oxygen atoms in total. The molecule has 3 aromatic rings. The summed E-state index contributed by atoms with van der Waals surface area (Å²) in [6.45, 7) is 2.00. The van der Waals surface area contributed by atoms with E-state index in [-0.39, 0.29) is 11.7 Å². The zero-order valence-electron chi connectivity index (χ0n) is 12.0. The van der Waals surface area contributed by atoms with Crippen molar-refractivity contribution in [2.24, 2.45) is 0 Å². The molecule has 112 valence electrons. The van der Waals surface area contributed by atoms with E-state index in [2.05, 4.69) is 20.3 Å². The van der Waals surface area contributed by atoms with Gasteiger partial charge in [-0.25, -0.2) is 9.37 Å². The number of nitrogens with one attached hydrogen (secondary N) is 3. The maximum absolute atomic E-state index is 12.9. The molecule has 0 spiro atoms. The molecule has 0 saturated carbocycles. The van der Waals surface area contributed by atoms with E-state index < -0.39 is 0 Å². The standard InChI is InChI=1S/C16H15FN4O/c1-2-13-14(15-18-7-8-19-15)12(9-20-13)16(22)21-11-5-3-10(17)4-6-11/h3-9,20H,2H2,1H3,(H,18,19)(H,21,22). The molecule has 1 aromatic carbocycles. The Hall–Kier alpha value is -2.89. The van der Waals surface area contributed by atoms with E-state index in [1.54, 1.807) is 18.6 Å². The number of aromatic amines is 2. The number of carbonyl (C=O) groups is 1. The number of aromatic nitrogens is 3. The maximum Gasteiger partial charge on any atom is 0.257 e. The third kappa shape index (κ3) is 2.63. The van der Waals surface area contributed by atoms with Gasteiger partial charge in [0.25, 0.3) is 5.91 Å². The van der Waals surface area contributed by atoms with Crippen LogP contribution in [0.1, 0.15) is 23.0 Å². The quantitative estimate of drug-likeness (QED) is 0.691. The third-order valence-electron chi connectivity index (χ3n) is 3.40. The largest absolute Gasteiger partial charge is 0.364 e. The first-order valence-electron chi connectivity index (χ1n) is 6.96. The minimum Gasteiger partial charge on any atom is -0.364 e. The molecule has 6 heteroatoms. The van der Waals surface area contributed by atoms with Gasteiger partial charge in [-0.15, -0.1) is 0 Å². The number of nitrogens with zero attached hydrogens (tertiary/aromatic N) is 1. The second kappa shape index (κ2) is 5.85. The Labute approximate surface area is 126 Å². The number of hydrogen-bond donors (Lipinski definition) is 3. The third-order valence-corrected chi connectivity index (χ3v) is 3.40. The van der Waals surface area contributed by atoms with Crippen molar-refractivity contribution in [2.45, 2.75) is 13.3 Å². The molecule has 2 heterocycles. The number of halogens is 1. The summed E-state index contributed by atoms with van der Waals surface area (Å²) >= 11 is 0. The Kier molecular flexibility index (Phi) is 3.74. The molecule has 0 unspecified atom stereocenters. The van der Waals surface area contributed by atoms with Gasteiger partial charge in [0.1, 0.15) is 11.6 Å². The number of benzene rings is 1. The summed E-state index contributed by atoms with van der Waals surface area (Å²) in [4.78, 5) is 22.8. The SMILES string of the molecule is CCc1[nH]cc(C(=O)Nc2ccc(F)cc2)c1-c1ncc[nH]1. The Morgan fingerprint density at radius 1 is 1.27 bits per heavy atom. The average molecular weight is 298 g/mol. The number of rotatable bonds is 4. The van der Waals surface area contributed by atoms with E-state index in [1.165, 1.54) is 24.3 Å². The predicted octanol–water partition coefficient (Wildman–Crippen LogP) is 3.36. The first kappa shape index (κ1) is 14.1. The molecule has 0 aliphatic heterocycles. The molecule has 0 fully saturated rings. The predicted molar refractivity (Wildman–Crippen MR) is 82.1 cm³/mol. The fourth-order valence-electron chi connectivity index (χ4n) is 2.33. The van der Waals surface area contributed by atoms with Crippen molar-refractivity contribution in [3.63, 3.8) is 0 Å². The minimum absolute atomic E-state index is 0.269. The lowest BCUT2D eigenvalue weighted by Crippen LogP contribution is -2.12. The average Bonchev–Trinajstić information content (AvgIpc) is 3.17. The zero-order valence-corrected chi connectivity index (χ0v) is 12.0. The molecule has 3 N–H and O–H groups in total. The van der Waals surface area contributed by atoms with Crippen LogP contribution in [0.15, 0.2) is 42.9 Å². The molecular formula is C16H15FN4O. The van der Waals surface area contributed by atoms with Gasteiger partial charge in [0, 0.05) is 30.0 Å². The Morgan fingerprint density at radius 2 is 2.05 bits per heavy atom. The van der Waals surface area contributed by atoms with E-state index in [0.29, 0.717) is 17.1 Å². The molecular weight excluding hydrogens is 283 g/mol. The first-order chi connectivity index (χ1) is 10.7. The smallest absolute Gasteiger partial charge is 0.257 e. The topological polar surface area (TPSA) is 73.6 Å². The highest BCUT2D eigenvalue weighted by Crippen LogP contribution is 2.26. The van der Waals surface area contributed by atoms with Crippen LogP contribution in [-0.2, 0) is 6.42 Å². The van der Waals surface area contributed by atoms with Crippen molar-refractivity contribution in [3.8, 4) is 11.4 Å². The van der Waals surface area contributed by atoms with Crippen molar-refractivity contribution in [2.75, 3.05) is 5.32 Å². The number of aryl methyl sites for hydroxylation is 1. The van der Waals surface area contributed by atoms with Crippen LogP contribution < -0.4 is 5.32 Å². The van der Waals surface area contributed by atoms with Crippen molar-refractivity contribution >= 4 is 11.6 Å². The molecule has 0 aliphatic rings. The number of amides is 1. The van der Waals surface area contributed by atoms with Crippen LogP contribution in [0.4, 0.5) is 10.1 Å². The molecule has 0 aliphatic carbocycles. The van der Waals surface area contributed by atoms with Crippen molar-refractivity contribution < 1.29 is 9.18 Å². The van der Waals surface area contributed by atoms with Crippen LogP contribution in [-0.4, -0.2) is 20.9 Å². The summed E-state index contributed by atoms with van der Waals surface area (Å²) in [7, 11) is 0. The summed E-state index contributed by atoms with van der Waals surface area (Å²) in [5.74, 6) is 0.0282. The van der Waals surface area contributed by atoms with Crippen LogP contribution in [0.5, 0.6) is 0 Å². The molecule has 0 saturated heterocycles. The summed E-state index contributed by atoms with van der Waals surface area (Å²) in [6, 6.07) is 5.65. The van der Waals surface area contributed by atoms with Crippen molar-refractivity contribution in [1.82, 2.24) is 15.0 Å². The van der Waals surface area contributed by atoms with E-state index in [4.69, 9.17) is 0 Å². The number of hydrogen-bond acceptors (Lipinski definition) is 2. The molecule has 3 rings (SSSR count). The Morgan fingerprint density at radius 3 is 2.68 bits per heavy atom. The number of H-pyrrole nitrogens is 2. The molecule has 2 aromatic heterocycles. The molecule has 0 radical (unpaired) electrons. The van der Waals surface area contributed by atoms with Crippen molar-refractivity contribution in [1.29, 1.82) is 0 Å². The van der Waals surface area contributed by atoms with Gasteiger partial charge in [-0.1, -0.05) is 6.92 Å². The van der Waals surface area contributed by atoms with E-state index in [1.807, 2.05) is 6.92 Å². The second-order valence-corrected chi connectivity index (χ2v) is 4.81. The summed E-state index contributed by atoms with van der Waals surface area (Å²) < 4.78 is 12.9. The molecule has 0 atom stereocenters. The van der Waals surface area contributed by atoms with Gasteiger partial charge in [-0.2, -0.15) is 0 Å². The van der Waals surface area contributed by atoms with Crippen LogP contribution in [0.2, 0.25) is 0 Å². The zero-order chi connectivity index (χ0) is 15.5. The fourth-order valence-corrected chi connectivity index (χ4v) is 2.33. The Balaban J connectivity index is 1.93. The van der Waals surface area contributed by atoms with Gasteiger partial charge >= 0.3 is 0 Å². The van der Waals surface area contributed by atoms with Gasteiger partial charge in [0.2, 0.25) is 0 Å². The normalized spacial score (nSPS) is 10.6. The molecule has 22 heavy (non-hydrogen) atoms. The van der Waals surface area contributed by atoms with Gasteiger partial charge in [-0.05, 0) is 30.7 Å². The van der Waals surface area contributed by atoms with Crippen LogP contribution >= 0.6 is 0 Å². The first-order valence-corrected chi connectivity index (χ1v) is 6.96. The lowest BCUT2D eigenvalue weighted by molar-refractivity contribution is 0.102. The van der Waals surface area contributed by atoms with Crippen LogP contribution in [0.25, 0.3) is 11.4 Å². The summed E-state index contributed by atoms with van der Waals surface area (Å²) in [6.07, 6.45) is 5.77.